The Balaban J connectivity index is 1.88. The van der Waals surface area contributed by atoms with Gasteiger partial charge in [0.2, 0.25) is 0 Å². The molecule has 0 bridgehead atoms. The first kappa shape index (κ1) is 14.6. The van der Waals surface area contributed by atoms with Gasteiger partial charge in [-0.3, -0.25) is 0 Å². The number of nitrogens with one attached hydrogen (secondary N) is 2. The highest BCUT2D eigenvalue weighted by atomic mass is 15.3. The average Bonchev–Trinajstić information content (AvgIpc) is 3.27. The van der Waals surface area contributed by atoms with Crippen LogP contribution in [0, 0.1) is 12.3 Å². The fraction of sp³-hybridized carbons (Fsp3) is 0.750. The van der Waals surface area contributed by atoms with E-state index in [0.29, 0.717) is 17.4 Å². The molecule has 5 heteroatoms. The van der Waals surface area contributed by atoms with Crippen LogP contribution in [-0.4, -0.2) is 16.0 Å². The van der Waals surface area contributed by atoms with E-state index in [0.717, 1.165) is 23.0 Å². The maximum absolute atomic E-state index is 5.63. The molecule has 0 saturated heterocycles. The first-order valence-corrected chi connectivity index (χ1v) is 8.13. The van der Waals surface area contributed by atoms with Crippen LogP contribution >= 0.6 is 0 Å². The molecule has 0 aromatic carbocycles. The van der Waals surface area contributed by atoms with Crippen LogP contribution < -0.4 is 16.6 Å². The van der Waals surface area contributed by atoms with Gasteiger partial charge in [-0.15, -0.1) is 0 Å². The Morgan fingerprint density at radius 3 is 2.43 bits per heavy atom. The Morgan fingerprint density at radius 2 is 1.81 bits per heavy atom. The number of anilines is 2. The van der Waals surface area contributed by atoms with Crippen molar-refractivity contribution in [2.24, 2.45) is 11.3 Å². The Bertz CT molecular complexity index is 522. The minimum Gasteiger partial charge on any atom is -0.366 e. The number of rotatable bonds is 4. The smallest absolute Gasteiger partial charge is 0.148 e. The number of nitrogens with two attached hydrogens (primary N) is 1. The fourth-order valence-corrected chi connectivity index (χ4v) is 3.27. The molecule has 21 heavy (non-hydrogen) atoms. The predicted molar refractivity (Wildman–Crippen MR) is 86.2 cm³/mol. The van der Waals surface area contributed by atoms with Gasteiger partial charge in [0.1, 0.15) is 17.5 Å². The van der Waals surface area contributed by atoms with Crippen molar-refractivity contribution in [2.45, 2.75) is 71.3 Å². The average molecular weight is 289 g/mol. The van der Waals surface area contributed by atoms with E-state index >= 15 is 0 Å². The van der Waals surface area contributed by atoms with Crippen LogP contribution in [0.3, 0.4) is 0 Å². The van der Waals surface area contributed by atoms with Crippen molar-refractivity contribution < 1.29 is 0 Å². The quantitative estimate of drug-likeness (QED) is 0.585. The molecule has 0 amide bonds. The SMILES string of the molecule is Cc1c(NN)nc(C2CC2)nc1NC1CCCCC1(C)C. The predicted octanol–water partition coefficient (Wildman–Crippen LogP) is 3.33. The van der Waals surface area contributed by atoms with Crippen LogP contribution in [0.2, 0.25) is 0 Å². The molecule has 0 radical (unpaired) electrons. The van der Waals surface area contributed by atoms with Gasteiger partial charge in [0, 0.05) is 17.5 Å². The van der Waals surface area contributed by atoms with E-state index in [4.69, 9.17) is 10.8 Å². The van der Waals surface area contributed by atoms with Crippen LogP contribution in [0.5, 0.6) is 0 Å². The zero-order chi connectivity index (χ0) is 15.0. The maximum atomic E-state index is 5.63. The summed E-state index contributed by atoms with van der Waals surface area (Å²) in [6.07, 6.45) is 7.50. The lowest BCUT2D eigenvalue weighted by Gasteiger charge is -2.39. The third kappa shape index (κ3) is 2.98. The molecular weight excluding hydrogens is 262 g/mol. The summed E-state index contributed by atoms with van der Waals surface area (Å²) >= 11 is 0. The Hall–Kier alpha value is -1.36. The first-order chi connectivity index (χ1) is 10.0. The Kier molecular flexibility index (Phi) is 3.78. The van der Waals surface area contributed by atoms with Crippen molar-refractivity contribution >= 4 is 11.6 Å². The van der Waals surface area contributed by atoms with E-state index in [9.17, 15) is 0 Å². The maximum Gasteiger partial charge on any atom is 0.148 e. The molecule has 2 aliphatic carbocycles. The number of nitrogen functional groups attached to an aromatic ring is 1. The lowest BCUT2D eigenvalue weighted by molar-refractivity contribution is 0.216. The van der Waals surface area contributed by atoms with Gasteiger partial charge in [-0.1, -0.05) is 26.7 Å². The summed E-state index contributed by atoms with van der Waals surface area (Å²) in [5.74, 6) is 8.80. The van der Waals surface area contributed by atoms with Gasteiger partial charge in [-0.2, -0.15) is 0 Å². The van der Waals surface area contributed by atoms with E-state index in [1.165, 1.54) is 38.5 Å². The standard InChI is InChI=1S/C16H27N5/c1-10-13(18-12-6-4-5-9-16(12,2)3)19-15(11-7-8-11)20-14(10)21-17/h11-12H,4-9,17H2,1-3H3,(H2,18,19,20,21). The summed E-state index contributed by atoms with van der Waals surface area (Å²) in [6, 6.07) is 0.470. The molecule has 0 spiro atoms. The molecule has 1 heterocycles. The molecule has 5 nitrogen and oxygen atoms in total. The lowest BCUT2D eigenvalue weighted by atomic mass is 9.73. The summed E-state index contributed by atoms with van der Waals surface area (Å²) < 4.78 is 0. The molecular formula is C16H27N5. The van der Waals surface area contributed by atoms with E-state index in [1.807, 2.05) is 6.92 Å². The summed E-state index contributed by atoms with van der Waals surface area (Å²) in [7, 11) is 0. The normalized spacial score (nSPS) is 24.7. The van der Waals surface area contributed by atoms with Crippen LogP contribution in [0.25, 0.3) is 0 Å². The van der Waals surface area contributed by atoms with Crippen molar-refractivity contribution in [3.8, 4) is 0 Å². The monoisotopic (exact) mass is 289 g/mol. The zero-order valence-corrected chi connectivity index (χ0v) is 13.4. The summed E-state index contributed by atoms with van der Waals surface area (Å²) in [6.45, 7) is 6.73. The molecule has 1 aromatic rings. The highest BCUT2D eigenvalue weighted by Gasteiger charge is 2.33. The van der Waals surface area contributed by atoms with Gasteiger partial charge in [0.05, 0.1) is 0 Å². The van der Waals surface area contributed by atoms with Crippen LogP contribution in [-0.2, 0) is 0 Å². The minimum absolute atomic E-state index is 0.311. The van der Waals surface area contributed by atoms with Gasteiger partial charge in [0.25, 0.3) is 0 Å². The van der Waals surface area contributed by atoms with E-state index < -0.39 is 0 Å². The van der Waals surface area contributed by atoms with Gasteiger partial charge < -0.3 is 10.7 Å². The second-order valence-corrected chi connectivity index (χ2v) is 7.25. The molecule has 1 unspecified atom stereocenters. The number of hydrogen-bond acceptors (Lipinski definition) is 5. The molecule has 3 rings (SSSR count). The van der Waals surface area contributed by atoms with Gasteiger partial charge in [-0.05, 0) is 38.0 Å². The molecule has 2 fully saturated rings. The number of aromatic nitrogens is 2. The van der Waals surface area contributed by atoms with Crippen molar-refractivity contribution in [2.75, 3.05) is 10.7 Å². The number of hydrazine groups is 1. The number of nitrogens with zero attached hydrogens (tertiary/aromatic N) is 2. The highest BCUT2D eigenvalue weighted by molar-refractivity contribution is 5.57. The second-order valence-electron chi connectivity index (χ2n) is 7.25. The molecule has 4 N–H and O–H groups in total. The highest BCUT2D eigenvalue weighted by Crippen LogP contribution is 2.41. The summed E-state index contributed by atoms with van der Waals surface area (Å²) in [5, 5.41) is 3.69. The Labute approximate surface area is 127 Å². The van der Waals surface area contributed by atoms with Crippen molar-refractivity contribution in [3.05, 3.63) is 11.4 Å². The lowest BCUT2D eigenvalue weighted by Crippen LogP contribution is -2.39. The molecule has 2 aliphatic rings. The Morgan fingerprint density at radius 1 is 1.10 bits per heavy atom. The van der Waals surface area contributed by atoms with Gasteiger partial charge in [-0.25, -0.2) is 15.8 Å². The molecule has 1 atom stereocenters. The van der Waals surface area contributed by atoms with Crippen molar-refractivity contribution in [1.29, 1.82) is 0 Å². The van der Waals surface area contributed by atoms with Crippen LogP contribution in [0.15, 0.2) is 0 Å². The largest absolute Gasteiger partial charge is 0.366 e. The van der Waals surface area contributed by atoms with E-state index in [1.54, 1.807) is 0 Å². The third-order valence-electron chi connectivity index (χ3n) is 5.06. The molecule has 0 aliphatic heterocycles. The van der Waals surface area contributed by atoms with E-state index in [2.05, 4.69) is 29.6 Å². The molecule has 116 valence electrons. The van der Waals surface area contributed by atoms with Gasteiger partial charge >= 0.3 is 0 Å². The second kappa shape index (κ2) is 5.44. The third-order valence-corrected chi connectivity index (χ3v) is 5.06. The van der Waals surface area contributed by atoms with E-state index in [-0.39, 0.29) is 0 Å². The molecule has 1 aromatic heterocycles. The van der Waals surface area contributed by atoms with Crippen LogP contribution in [0.1, 0.15) is 69.7 Å². The molecule has 2 saturated carbocycles. The first-order valence-electron chi connectivity index (χ1n) is 8.13. The summed E-state index contributed by atoms with van der Waals surface area (Å²) in [4.78, 5) is 9.34. The topological polar surface area (TPSA) is 75.9 Å². The fourth-order valence-electron chi connectivity index (χ4n) is 3.27. The van der Waals surface area contributed by atoms with Crippen LogP contribution in [0.4, 0.5) is 11.6 Å². The summed E-state index contributed by atoms with van der Waals surface area (Å²) in [5.41, 5.74) is 4.05. The van der Waals surface area contributed by atoms with Crippen molar-refractivity contribution in [1.82, 2.24) is 9.97 Å². The van der Waals surface area contributed by atoms with Crippen molar-refractivity contribution in [3.63, 3.8) is 0 Å². The number of hydrogen-bond donors (Lipinski definition) is 3. The van der Waals surface area contributed by atoms with Gasteiger partial charge in [0.15, 0.2) is 0 Å². The minimum atomic E-state index is 0.311. The zero-order valence-electron chi connectivity index (χ0n) is 13.4.